The number of rotatable bonds is 5. The van der Waals surface area contributed by atoms with Crippen molar-refractivity contribution in [2.45, 2.75) is 19.3 Å². The third-order valence-electron chi connectivity index (χ3n) is 10.8. The van der Waals surface area contributed by atoms with E-state index in [1.807, 2.05) is 12.1 Å². The highest BCUT2D eigenvalue weighted by Gasteiger charge is 2.37. The first-order valence-corrected chi connectivity index (χ1v) is 17.7. The fourth-order valence-corrected chi connectivity index (χ4v) is 8.25. The summed E-state index contributed by atoms with van der Waals surface area (Å²) in [5.41, 5.74) is 15.2. The van der Waals surface area contributed by atoms with Gasteiger partial charge in [-0.05, 0) is 104 Å². The Kier molecular flexibility index (Phi) is 6.56. The van der Waals surface area contributed by atoms with Crippen LogP contribution in [-0.2, 0) is 5.41 Å². The van der Waals surface area contributed by atoms with Crippen LogP contribution in [0.25, 0.3) is 66.1 Å². The van der Waals surface area contributed by atoms with Crippen molar-refractivity contribution < 1.29 is 4.42 Å². The number of hydrogen-bond donors (Lipinski definition) is 0. The molecule has 1 aliphatic rings. The van der Waals surface area contributed by atoms with E-state index in [0.717, 1.165) is 44.4 Å². The molecule has 0 fully saturated rings. The molecule has 0 unspecified atom stereocenters. The third kappa shape index (κ3) is 4.71. The maximum atomic E-state index is 6.16. The summed E-state index contributed by atoms with van der Waals surface area (Å²) in [6.45, 7) is 4.70. The maximum absolute atomic E-state index is 6.16. The Bertz CT molecular complexity index is 2780. The molecule has 0 amide bonds. The van der Waals surface area contributed by atoms with Gasteiger partial charge in [-0.15, -0.1) is 0 Å². The van der Waals surface area contributed by atoms with E-state index in [1.54, 1.807) is 0 Å². The van der Waals surface area contributed by atoms with Gasteiger partial charge in [-0.25, -0.2) is 0 Å². The summed E-state index contributed by atoms with van der Waals surface area (Å²) in [6, 6.07) is 63.8. The second kappa shape index (κ2) is 11.3. The lowest BCUT2D eigenvalue weighted by atomic mass is 9.82. The van der Waals surface area contributed by atoms with Crippen molar-refractivity contribution >= 4 is 49.8 Å². The Hall–Kier alpha value is -6.38. The smallest absolute Gasteiger partial charge is 0.135 e. The van der Waals surface area contributed by atoms with E-state index in [1.165, 1.54) is 49.8 Å². The summed E-state index contributed by atoms with van der Waals surface area (Å²) in [6.07, 6.45) is 0. The second-order valence-corrected chi connectivity index (χ2v) is 14.2. The molecule has 0 saturated heterocycles. The van der Waals surface area contributed by atoms with Crippen molar-refractivity contribution in [2.75, 3.05) is 4.90 Å². The average Bonchev–Trinajstić information content (AvgIpc) is 3.67. The molecule has 0 aliphatic heterocycles. The zero-order valence-electron chi connectivity index (χ0n) is 28.6. The van der Waals surface area contributed by atoms with Crippen molar-refractivity contribution in [3.63, 3.8) is 0 Å². The van der Waals surface area contributed by atoms with Gasteiger partial charge in [0.15, 0.2) is 0 Å². The third-order valence-corrected chi connectivity index (χ3v) is 10.8. The first-order valence-electron chi connectivity index (χ1n) is 17.7. The van der Waals surface area contributed by atoms with E-state index in [9.17, 15) is 0 Å². The van der Waals surface area contributed by atoms with Gasteiger partial charge in [-0.1, -0.05) is 135 Å². The molecule has 0 bridgehead atoms. The number of benzene rings is 8. The second-order valence-electron chi connectivity index (χ2n) is 14.2. The van der Waals surface area contributed by atoms with Crippen LogP contribution in [-0.4, -0.2) is 0 Å². The van der Waals surface area contributed by atoms with Gasteiger partial charge in [0.2, 0.25) is 0 Å². The van der Waals surface area contributed by atoms with E-state index in [2.05, 4.69) is 183 Å². The summed E-state index contributed by atoms with van der Waals surface area (Å²) in [4.78, 5) is 2.44. The molecule has 2 nitrogen and oxygen atoms in total. The quantitative estimate of drug-likeness (QED) is 0.184. The predicted molar refractivity (Wildman–Crippen MR) is 214 cm³/mol. The summed E-state index contributed by atoms with van der Waals surface area (Å²) in [7, 11) is 0. The largest absolute Gasteiger partial charge is 0.456 e. The predicted octanol–water partition coefficient (Wildman–Crippen LogP) is 13.8. The minimum Gasteiger partial charge on any atom is -0.456 e. The van der Waals surface area contributed by atoms with Gasteiger partial charge >= 0.3 is 0 Å². The normalized spacial score (nSPS) is 13.1. The fourth-order valence-electron chi connectivity index (χ4n) is 8.25. The molecule has 2 heteroatoms. The van der Waals surface area contributed by atoms with Gasteiger partial charge in [0.05, 0.1) is 5.69 Å². The Morgan fingerprint density at radius 3 is 2.00 bits per heavy atom. The number of hydrogen-bond acceptors (Lipinski definition) is 2. The van der Waals surface area contributed by atoms with Crippen LogP contribution >= 0.6 is 0 Å². The average molecular weight is 654 g/mol. The minimum atomic E-state index is -0.0990. The molecular weight excluding hydrogens is 619 g/mol. The van der Waals surface area contributed by atoms with Gasteiger partial charge in [-0.2, -0.15) is 0 Å². The molecule has 0 spiro atoms. The number of nitrogens with zero attached hydrogens (tertiary/aromatic N) is 1. The number of anilines is 3. The molecule has 0 saturated carbocycles. The highest BCUT2D eigenvalue weighted by Crippen LogP contribution is 2.54. The van der Waals surface area contributed by atoms with Crippen molar-refractivity contribution in [3.8, 4) is 33.4 Å². The number of para-hydroxylation sites is 1. The molecule has 10 rings (SSSR count). The monoisotopic (exact) mass is 653 g/mol. The van der Waals surface area contributed by atoms with Crippen LogP contribution in [0.4, 0.5) is 17.1 Å². The molecule has 1 aliphatic carbocycles. The number of fused-ring (bicyclic) bond motifs is 7. The zero-order valence-corrected chi connectivity index (χ0v) is 28.6. The molecule has 0 atom stereocenters. The summed E-state index contributed by atoms with van der Waals surface area (Å²) in [5, 5.41) is 4.78. The lowest BCUT2D eigenvalue weighted by Gasteiger charge is -2.29. The van der Waals surface area contributed by atoms with Crippen LogP contribution in [0.1, 0.15) is 25.0 Å². The molecule has 0 N–H and O–H groups in total. The molecule has 0 radical (unpaired) electrons. The van der Waals surface area contributed by atoms with Gasteiger partial charge in [0.25, 0.3) is 0 Å². The van der Waals surface area contributed by atoms with Gasteiger partial charge < -0.3 is 9.32 Å². The van der Waals surface area contributed by atoms with Crippen molar-refractivity contribution in [3.05, 3.63) is 187 Å². The van der Waals surface area contributed by atoms with E-state index in [0.29, 0.717) is 0 Å². The molecule has 1 aromatic heterocycles. The molecule has 242 valence electrons. The van der Waals surface area contributed by atoms with Crippen LogP contribution in [0, 0.1) is 0 Å². The summed E-state index contributed by atoms with van der Waals surface area (Å²) in [5.74, 6) is 0. The van der Waals surface area contributed by atoms with Gasteiger partial charge in [-0.3, -0.25) is 0 Å². The lowest BCUT2D eigenvalue weighted by molar-refractivity contribution is 0.660. The first kappa shape index (κ1) is 29.5. The molecule has 8 aromatic carbocycles. The van der Waals surface area contributed by atoms with Crippen molar-refractivity contribution in [1.82, 2.24) is 0 Å². The van der Waals surface area contributed by atoms with E-state index >= 15 is 0 Å². The van der Waals surface area contributed by atoms with Crippen LogP contribution in [0.5, 0.6) is 0 Å². The van der Waals surface area contributed by atoms with Gasteiger partial charge in [0, 0.05) is 33.1 Å². The fraction of sp³-hybridized carbons (Fsp3) is 0.0612. The molecule has 1 heterocycles. The highest BCUT2D eigenvalue weighted by molar-refractivity contribution is 6.06. The topological polar surface area (TPSA) is 16.4 Å². The Morgan fingerprint density at radius 1 is 0.431 bits per heavy atom. The Labute approximate surface area is 297 Å². The molecule has 9 aromatic rings. The van der Waals surface area contributed by atoms with E-state index < -0.39 is 0 Å². The lowest BCUT2D eigenvalue weighted by Crippen LogP contribution is -2.16. The summed E-state index contributed by atoms with van der Waals surface area (Å²) >= 11 is 0. The van der Waals surface area contributed by atoms with Crippen LogP contribution < -0.4 is 4.90 Å². The van der Waals surface area contributed by atoms with Gasteiger partial charge in [0.1, 0.15) is 11.2 Å². The SMILES string of the molecule is CC1(C)c2ccccc2-c2c(N(c3ccc(-c4ccc5ccccc5c4)cc3)c3cccc(-c4ccc5oc6ccccc6c5c4)c3)cccc21. The van der Waals surface area contributed by atoms with Crippen LogP contribution in [0.2, 0.25) is 0 Å². The van der Waals surface area contributed by atoms with Crippen molar-refractivity contribution in [2.24, 2.45) is 0 Å². The Morgan fingerprint density at radius 2 is 1.10 bits per heavy atom. The first-order chi connectivity index (χ1) is 25.0. The molecule has 51 heavy (non-hydrogen) atoms. The van der Waals surface area contributed by atoms with E-state index in [4.69, 9.17) is 4.42 Å². The standard InChI is InChI=1S/C49H35NO/c1-49(2)43-17-7-5-16-41(43)48-44(49)18-10-19-45(48)50(38-26-23-33(24-27-38)36-22-21-32-11-3-4-12-34(32)29-36)39-14-9-13-35(30-39)37-25-28-47-42(31-37)40-15-6-8-20-46(40)51-47/h3-31H,1-2H3. The minimum absolute atomic E-state index is 0.0990. The van der Waals surface area contributed by atoms with Crippen molar-refractivity contribution in [1.29, 1.82) is 0 Å². The molecular formula is C49H35NO. The van der Waals surface area contributed by atoms with Crippen LogP contribution in [0.3, 0.4) is 0 Å². The zero-order chi connectivity index (χ0) is 34.1. The van der Waals surface area contributed by atoms with Crippen LogP contribution in [0.15, 0.2) is 180 Å². The highest BCUT2D eigenvalue weighted by atomic mass is 16.3. The van der Waals surface area contributed by atoms with E-state index in [-0.39, 0.29) is 5.41 Å². The maximum Gasteiger partial charge on any atom is 0.135 e. The number of furan rings is 1. The summed E-state index contributed by atoms with van der Waals surface area (Å²) < 4.78 is 6.16. The Balaban J connectivity index is 1.14.